The molecular formula is C12H15BF3O-. The highest BCUT2D eigenvalue weighted by Gasteiger charge is 2.25. The molecular weight excluding hydrogens is 228 g/mol. The molecule has 5 heteroatoms. The highest BCUT2D eigenvalue weighted by atomic mass is 19.4. The molecule has 1 aromatic rings. The molecule has 0 aliphatic carbocycles. The Morgan fingerprint density at radius 3 is 2.18 bits per heavy atom. The van der Waals surface area contributed by atoms with E-state index >= 15 is 0 Å². The fourth-order valence-electron chi connectivity index (χ4n) is 1.57. The highest BCUT2D eigenvalue weighted by Crippen LogP contribution is 2.11. The molecule has 0 N–H and O–H groups in total. The van der Waals surface area contributed by atoms with Crippen molar-refractivity contribution in [1.82, 2.24) is 0 Å². The van der Waals surface area contributed by atoms with E-state index in [4.69, 9.17) is 0 Å². The van der Waals surface area contributed by atoms with Crippen LogP contribution in [0.25, 0.3) is 0 Å². The Morgan fingerprint density at radius 1 is 1.12 bits per heavy atom. The summed E-state index contributed by atoms with van der Waals surface area (Å²) in [6.07, 6.45) is 3.18. The van der Waals surface area contributed by atoms with E-state index in [-0.39, 0.29) is 5.78 Å². The lowest BCUT2D eigenvalue weighted by Crippen LogP contribution is -2.33. The Hall–Kier alpha value is -1.26. The number of hydrogen-bond donors (Lipinski definition) is 0. The normalized spacial score (nSPS) is 11.5. The van der Waals surface area contributed by atoms with Gasteiger partial charge in [-0.05, 0) is 6.42 Å². The van der Waals surface area contributed by atoms with E-state index in [1.165, 1.54) is 12.1 Å². The number of rotatable bonds is 6. The third-order valence-corrected chi connectivity index (χ3v) is 2.62. The van der Waals surface area contributed by atoms with Crippen LogP contribution in [-0.4, -0.2) is 12.8 Å². The minimum absolute atomic E-state index is 0.0836. The molecule has 0 saturated heterocycles. The summed E-state index contributed by atoms with van der Waals surface area (Å²) in [5.41, 5.74) is -0.292. The second kappa shape index (κ2) is 5.89. The van der Waals surface area contributed by atoms with Gasteiger partial charge < -0.3 is 12.9 Å². The van der Waals surface area contributed by atoms with Crippen LogP contribution in [0.15, 0.2) is 24.3 Å². The molecule has 17 heavy (non-hydrogen) atoms. The number of hydrogen-bond acceptors (Lipinski definition) is 1. The maximum atomic E-state index is 12.3. The number of carbonyl (C=O) groups excluding carboxylic acids is 1. The second-order valence-corrected chi connectivity index (χ2v) is 4.08. The molecule has 0 aliphatic heterocycles. The predicted molar refractivity (Wildman–Crippen MR) is 63.6 cm³/mol. The largest absolute Gasteiger partial charge is 0.509 e. The van der Waals surface area contributed by atoms with Gasteiger partial charge in [0.2, 0.25) is 0 Å². The first-order valence-electron chi connectivity index (χ1n) is 5.78. The molecule has 0 radical (unpaired) electrons. The van der Waals surface area contributed by atoms with Crippen molar-refractivity contribution in [2.45, 2.75) is 32.6 Å². The van der Waals surface area contributed by atoms with Gasteiger partial charge in [0.15, 0.2) is 5.78 Å². The zero-order valence-electron chi connectivity index (χ0n) is 9.76. The Kier molecular flexibility index (Phi) is 4.79. The van der Waals surface area contributed by atoms with Gasteiger partial charge >= 0.3 is 6.98 Å². The standard InChI is InChI=1S/C12H15BF3O/c1-2-3-4-5-12(17)10-6-8-11(9-7-10)13(14,15)16/h6-9H,2-5H2,1H3/q-1. The maximum Gasteiger partial charge on any atom is 0.509 e. The van der Waals surface area contributed by atoms with Crippen molar-refractivity contribution in [3.63, 3.8) is 0 Å². The number of unbranched alkanes of at least 4 members (excludes halogenated alkanes) is 2. The Bertz CT molecular complexity index is 370. The number of Topliss-reactive ketones (excluding diaryl/α,β-unsaturated/α-hetero) is 1. The summed E-state index contributed by atoms with van der Waals surface area (Å²) < 4.78 is 37.0. The fraction of sp³-hybridized carbons (Fsp3) is 0.417. The SMILES string of the molecule is CCCCCC(=O)c1ccc([B-](F)(F)F)cc1. The third-order valence-electron chi connectivity index (χ3n) is 2.62. The molecule has 0 spiro atoms. The number of halogens is 3. The van der Waals surface area contributed by atoms with E-state index in [9.17, 15) is 17.7 Å². The van der Waals surface area contributed by atoms with Gasteiger partial charge in [-0.3, -0.25) is 4.79 Å². The van der Waals surface area contributed by atoms with Crippen LogP contribution in [0.4, 0.5) is 12.9 Å². The van der Waals surface area contributed by atoms with Crippen LogP contribution < -0.4 is 5.46 Å². The van der Waals surface area contributed by atoms with Gasteiger partial charge in [-0.25, -0.2) is 0 Å². The zero-order valence-corrected chi connectivity index (χ0v) is 9.76. The molecule has 0 bridgehead atoms. The topological polar surface area (TPSA) is 17.1 Å². The quantitative estimate of drug-likeness (QED) is 0.424. The number of benzene rings is 1. The van der Waals surface area contributed by atoms with E-state index < -0.39 is 12.4 Å². The van der Waals surface area contributed by atoms with Crippen molar-refractivity contribution in [3.8, 4) is 0 Å². The summed E-state index contributed by atoms with van der Waals surface area (Å²) in [4.78, 5) is 11.6. The summed E-state index contributed by atoms with van der Waals surface area (Å²) in [7, 11) is 0. The smallest absolute Gasteiger partial charge is 0.445 e. The highest BCUT2D eigenvalue weighted by molar-refractivity contribution is 6.73. The van der Waals surface area contributed by atoms with Crippen LogP contribution in [0.3, 0.4) is 0 Å². The van der Waals surface area contributed by atoms with Crippen LogP contribution in [0.5, 0.6) is 0 Å². The molecule has 94 valence electrons. The Morgan fingerprint density at radius 2 is 1.71 bits per heavy atom. The van der Waals surface area contributed by atoms with Crippen molar-refractivity contribution < 1.29 is 17.7 Å². The van der Waals surface area contributed by atoms with Gasteiger partial charge in [0.05, 0.1) is 0 Å². The molecule has 0 fully saturated rings. The van der Waals surface area contributed by atoms with Gasteiger partial charge in [-0.1, -0.05) is 44.0 Å². The lowest BCUT2D eigenvalue weighted by Gasteiger charge is -2.14. The first kappa shape index (κ1) is 13.8. The predicted octanol–water partition coefficient (Wildman–Crippen LogP) is 3.50. The van der Waals surface area contributed by atoms with E-state index in [2.05, 4.69) is 0 Å². The molecule has 0 aliphatic rings. The Balaban J connectivity index is 2.64. The van der Waals surface area contributed by atoms with Crippen molar-refractivity contribution in [2.75, 3.05) is 0 Å². The molecule has 1 aromatic carbocycles. The lowest BCUT2D eigenvalue weighted by molar-refractivity contribution is 0.0979. The van der Waals surface area contributed by atoms with Crippen molar-refractivity contribution in [1.29, 1.82) is 0 Å². The van der Waals surface area contributed by atoms with Crippen molar-refractivity contribution in [2.24, 2.45) is 0 Å². The summed E-state index contributed by atoms with van der Waals surface area (Å²) in [6, 6.07) is 4.48. The molecule has 0 saturated carbocycles. The van der Waals surface area contributed by atoms with Crippen LogP contribution in [0.1, 0.15) is 43.0 Å². The van der Waals surface area contributed by atoms with Crippen LogP contribution >= 0.6 is 0 Å². The average molecular weight is 243 g/mol. The van der Waals surface area contributed by atoms with Gasteiger partial charge in [0.25, 0.3) is 0 Å². The molecule has 1 rings (SSSR count). The summed E-state index contributed by atoms with van der Waals surface area (Å²) in [6.45, 7) is -2.94. The zero-order chi connectivity index (χ0) is 12.9. The molecule has 0 amide bonds. The monoisotopic (exact) mass is 243 g/mol. The van der Waals surface area contributed by atoms with Gasteiger partial charge in [0.1, 0.15) is 0 Å². The second-order valence-electron chi connectivity index (χ2n) is 4.08. The number of ketones is 1. The third kappa shape index (κ3) is 4.25. The maximum absolute atomic E-state index is 12.3. The van der Waals surface area contributed by atoms with Crippen molar-refractivity contribution in [3.05, 3.63) is 29.8 Å². The Labute approximate surface area is 99.1 Å². The number of carbonyl (C=O) groups is 1. The van der Waals surface area contributed by atoms with Gasteiger partial charge in [0, 0.05) is 12.0 Å². The van der Waals surface area contributed by atoms with Crippen molar-refractivity contribution >= 4 is 18.2 Å². The first-order valence-corrected chi connectivity index (χ1v) is 5.78. The minimum Gasteiger partial charge on any atom is -0.445 e. The molecule has 0 aromatic heterocycles. The van der Waals surface area contributed by atoms with Gasteiger partial charge in [-0.2, -0.15) is 0 Å². The first-order chi connectivity index (χ1) is 7.95. The molecule has 0 atom stereocenters. The summed E-state index contributed by atoms with van der Waals surface area (Å²) in [5, 5.41) is 0. The van der Waals surface area contributed by atoms with E-state index in [1.54, 1.807) is 0 Å². The summed E-state index contributed by atoms with van der Waals surface area (Å²) >= 11 is 0. The summed E-state index contributed by atoms with van der Waals surface area (Å²) in [5.74, 6) is -0.0836. The van der Waals surface area contributed by atoms with Crippen LogP contribution in [0.2, 0.25) is 0 Å². The van der Waals surface area contributed by atoms with Gasteiger partial charge in [-0.15, -0.1) is 5.46 Å². The lowest BCUT2D eigenvalue weighted by atomic mass is 9.79. The fourth-order valence-corrected chi connectivity index (χ4v) is 1.57. The van der Waals surface area contributed by atoms with E-state index in [0.717, 1.165) is 31.4 Å². The molecule has 0 heterocycles. The van der Waals surface area contributed by atoms with Crippen LogP contribution in [-0.2, 0) is 0 Å². The van der Waals surface area contributed by atoms with E-state index in [1.807, 2.05) is 6.92 Å². The molecule has 1 nitrogen and oxygen atoms in total. The average Bonchev–Trinajstić information content (AvgIpc) is 2.28. The minimum atomic E-state index is -4.97. The van der Waals surface area contributed by atoms with E-state index in [0.29, 0.717) is 12.0 Å². The molecule has 0 unspecified atom stereocenters. The van der Waals surface area contributed by atoms with Crippen LogP contribution in [0, 0.1) is 0 Å².